The highest BCUT2D eigenvalue weighted by Crippen LogP contribution is 2.24. The van der Waals surface area contributed by atoms with E-state index in [0.717, 1.165) is 24.4 Å². The minimum Gasteiger partial charge on any atom is -0.496 e. The van der Waals surface area contributed by atoms with Gasteiger partial charge in [0.2, 0.25) is 0 Å². The first-order valence-corrected chi connectivity index (χ1v) is 7.02. The van der Waals surface area contributed by atoms with Gasteiger partial charge in [-0.05, 0) is 24.6 Å². The molecule has 3 nitrogen and oxygen atoms in total. The van der Waals surface area contributed by atoms with E-state index in [4.69, 9.17) is 4.74 Å². The van der Waals surface area contributed by atoms with Gasteiger partial charge in [0, 0.05) is 5.38 Å². The Hall–Kier alpha value is -1.39. The van der Waals surface area contributed by atoms with E-state index in [1.807, 2.05) is 23.7 Å². The lowest BCUT2D eigenvalue weighted by Gasteiger charge is -2.17. The van der Waals surface area contributed by atoms with Crippen molar-refractivity contribution in [3.63, 3.8) is 0 Å². The lowest BCUT2D eigenvalue weighted by Crippen LogP contribution is -2.23. The summed E-state index contributed by atoms with van der Waals surface area (Å²) >= 11 is 1.63. The van der Waals surface area contributed by atoms with Crippen molar-refractivity contribution >= 4 is 11.3 Å². The molecule has 1 heterocycles. The highest BCUT2D eigenvalue weighted by Gasteiger charge is 2.15. The van der Waals surface area contributed by atoms with Crippen molar-refractivity contribution in [3.8, 4) is 5.75 Å². The summed E-state index contributed by atoms with van der Waals surface area (Å²) in [5.74, 6) is 0.940. The Bertz CT molecular complexity index is 470. The van der Waals surface area contributed by atoms with Crippen LogP contribution in [0.15, 0.2) is 35.2 Å². The monoisotopic (exact) mass is 262 g/mol. The van der Waals surface area contributed by atoms with Crippen molar-refractivity contribution in [3.05, 3.63) is 46.4 Å². The van der Waals surface area contributed by atoms with E-state index in [-0.39, 0.29) is 6.04 Å². The molecule has 1 unspecified atom stereocenters. The Morgan fingerprint density at radius 1 is 1.39 bits per heavy atom. The predicted octanol–water partition coefficient (Wildman–Crippen LogP) is 3.05. The van der Waals surface area contributed by atoms with E-state index in [9.17, 15) is 0 Å². The molecule has 2 rings (SSSR count). The Morgan fingerprint density at radius 2 is 2.22 bits per heavy atom. The second-order valence-electron chi connectivity index (χ2n) is 4.04. The van der Waals surface area contributed by atoms with Crippen LogP contribution >= 0.6 is 11.3 Å². The fourth-order valence-corrected chi connectivity index (χ4v) is 2.62. The molecule has 0 fully saturated rings. The zero-order chi connectivity index (χ0) is 12.8. The molecular formula is C14H18N2OS. The van der Waals surface area contributed by atoms with Crippen LogP contribution in [0.2, 0.25) is 0 Å². The molecule has 1 aromatic heterocycles. The Labute approximate surface area is 112 Å². The summed E-state index contributed by atoms with van der Waals surface area (Å²) < 4.78 is 5.40. The van der Waals surface area contributed by atoms with Gasteiger partial charge in [0.05, 0.1) is 24.4 Å². The quantitative estimate of drug-likeness (QED) is 0.869. The number of likely N-dealkylation sites (N-methyl/N-ethyl adjacent to an activating group) is 1. The molecule has 0 aliphatic rings. The Balaban J connectivity index is 2.18. The molecule has 2 aromatic rings. The normalized spacial score (nSPS) is 12.3. The lowest BCUT2D eigenvalue weighted by atomic mass is 10.0. The number of benzene rings is 1. The highest BCUT2D eigenvalue weighted by molar-refractivity contribution is 7.07. The van der Waals surface area contributed by atoms with E-state index in [1.54, 1.807) is 18.4 Å². The standard InChI is InChI=1S/C14H18N2OS/c1-3-15-12(13-9-18-10-16-13)8-11-6-4-5-7-14(11)17-2/h4-7,9-10,12,15H,3,8H2,1-2H3. The summed E-state index contributed by atoms with van der Waals surface area (Å²) in [6.07, 6.45) is 0.890. The average Bonchev–Trinajstić information content (AvgIpc) is 2.92. The van der Waals surface area contributed by atoms with Crippen molar-refractivity contribution in [2.45, 2.75) is 19.4 Å². The second kappa shape index (κ2) is 6.52. The van der Waals surface area contributed by atoms with E-state index in [0.29, 0.717) is 0 Å². The van der Waals surface area contributed by atoms with Gasteiger partial charge in [-0.1, -0.05) is 25.1 Å². The van der Waals surface area contributed by atoms with E-state index in [1.165, 1.54) is 5.56 Å². The van der Waals surface area contributed by atoms with Crippen LogP contribution < -0.4 is 10.1 Å². The van der Waals surface area contributed by atoms with Crippen molar-refractivity contribution in [2.24, 2.45) is 0 Å². The molecule has 1 N–H and O–H groups in total. The van der Waals surface area contributed by atoms with Crippen LogP contribution in [0.5, 0.6) is 5.75 Å². The number of hydrogen-bond donors (Lipinski definition) is 1. The molecule has 0 amide bonds. The largest absolute Gasteiger partial charge is 0.496 e. The van der Waals surface area contributed by atoms with Crippen LogP contribution in [0.25, 0.3) is 0 Å². The Kier molecular flexibility index (Phi) is 4.73. The summed E-state index contributed by atoms with van der Waals surface area (Å²) in [7, 11) is 1.71. The molecule has 0 saturated heterocycles. The maximum atomic E-state index is 5.40. The average molecular weight is 262 g/mol. The number of aromatic nitrogens is 1. The fourth-order valence-electron chi connectivity index (χ4n) is 2.01. The predicted molar refractivity (Wildman–Crippen MR) is 75.2 cm³/mol. The smallest absolute Gasteiger partial charge is 0.122 e. The highest BCUT2D eigenvalue weighted by atomic mass is 32.1. The molecule has 1 aromatic carbocycles. The molecule has 1 atom stereocenters. The number of rotatable bonds is 6. The molecular weight excluding hydrogens is 244 g/mol. The second-order valence-corrected chi connectivity index (χ2v) is 4.76. The van der Waals surface area contributed by atoms with Crippen LogP contribution in [-0.4, -0.2) is 18.6 Å². The number of para-hydroxylation sites is 1. The molecule has 0 aliphatic carbocycles. The SMILES string of the molecule is CCNC(Cc1ccccc1OC)c1cscn1. The molecule has 4 heteroatoms. The molecule has 96 valence electrons. The summed E-state index contributed by atoms with van der Waals surface area (Å²) in [4.78, 5) is 4.40. The number of methoxy groups -OCH3 is 1. The maximum absolute atomic E-state index is 5.40. The minimum atomic E-state index is 0.248. The van der Waals surface area contributed by atoms with E-state index < -0.39 is 0 Å². The number of nitrogens with one attached hydrogen (secondary N) is 1. The molecule has 0 bridgehead atoms. The number of nitrogens with zero attached hydrogens (tertiary/aromatic N) is 1. The number of hydrogen-bond acceptors (Lipinski definition) is 4. The molecule has 0 radical (unpaired) electrons. The third kappa shape index (κ3) is 3.09. The first-order valence-electron chi connectivity index (χ1n) is 6.08. The minimum absolute atomic E-state index is 0.248. The van der Waals surface area contributed by atoms with Crippen LogP contribution in [0.4, 0.5) is 0 Å². The third-order valence-corrected chi connectivity index (χ3v) is 3.48. The van der Waals surface area contributed by atoms with Crippen LogP contribution in [0, 0.1) is 0 Å². The third-order valence-electron chi connectivity index (χ3n) is 2.88. The van der Waals surface area contributed by atoms with Crippen LogP contribution in [0.1, 0.15) is 24.2 Å². The molecule has 0 saturated carbocycles. The Morgan fingerprint density at radius 3 is 2.89 bits per heavy atom. The van der Waals surface area contributed by atoms with Gasteiger partial charge in [0.25, 0.3) is 0 Å². The fraction of sp³-hybridized carbons (Fsp3) is 0.357. The van der Waals surface area contributed by atoms with Crippen molar-refractivity contribution < 1.29 is 4.74 Å². The van der Waals surface area contributed by atoms with Crippen LogP contribution in [-0.2, 0) is 6.42 Å². The lowest BCUT2D eigenvalue weighted by molar-refractivity contribution is 0.405. The van der Waals surface area contributed by atoms with Gasteiger partial charge >= 0.3 is 0 Å². The zero-order valence-corrected chi connectivity index (χ0v) is 11.5. The van der Waals surface area contributed by atoms with E-state index >= 15 is 0 Å². The first kappa shape index (κ1) is 13.1. The number of ether oxygens (including phenoxy) is 1. The van der Waals surface area contributed by atoms with Crippen molar-refractivity contribution in [2.75, 3.05) is 13.7 Å². The van der Waals surface area contributed by atoms with Gasteiger partial charge < -0.3 is 10.1 Å². The summed E-state index contributed by atoms with van der Waals surface area (Å²) in [6.45, 7) is 3.04. The van der Waals surface area contributed by atoms with Gasteiger partial charge in [-0.3, -0.25) is 0 Å². The van der Waals surface area contributed by atoms with Crippen molar-refractivity contribution in [1.82, 2.24) is 10.3 Å². The topological polar surface area (TPSA) is 34.1 Å². The maximum Gasteiger partial charge on any atom is 0.122 e. The van der Waals surface area contributed by atoms with Gasteiger partial charge in [-0.25, -0.2) is 4.98 Å². The van der Waals surface area contributed by atoms with Crippen LogP contribution in [0.3, 0.4) is 0 Å². The number of thiazole rings is 1. The van der Waals surface area contributed by atoms with E-state index in [2.05, 4.69) is 28.7 Å². The molecule has 0 spiro atoms. The molecule has 18 heavy (non-hydrogen) atoms. The summed E-state index contributed by atoms with van der Waals surface area (Å²) in [6, 6.07) is 8.39. The first-order chi connectivity index (χ1) is 8.85. The van der Waals surface area contributed by atoms with Gasteiger partial charge in [0.15, 0.2) is 0 Å². The van der Waals surface area contributed by atoms with Gasteiger partial charge in [-0.15, -0.1) is 11.3 Å². The van der Waals surface area contributed by atoms with Gasteiger partial charge in [-0.2, -0.15) is 0 Å². The zero-order valence-electron chi connectivity index (χ0n) is 10.7. The van der Waals surface area contributed by atoms with Crippen molar-refractivity contribution in [1.29, 1.82) is 0 Å². The van der Waals surface area contributed by atoms with Gasteiger partial charge in [0.1, 0.15) is 5.75 Å². The molecule has 0 aliphatic heterocycles. The summed E-state index contributed by atoms with van der Waals surface area (Å²) in [5, 5.41) is 5.57. The summed E-state index contributed by atoms with van der Waals surface area (Å²) in [5.41, 5.74) is 4.19.